The summed E-state index contributed by atoms with van der Waals surface area (Å²) in [5.74, 6) is -2.67. The molecule has 3 aliphatic rings. The fourth-order valence-electron chi connectivity index (χ4n) is 5.89. The predicted molar refractivity (Wildman–Crippen MR) is 128 cm³/mol. The van der Waals surface area contributed by atoms with E-state index in [2.05, 4.69) is 17.0 Å². The molecule has 2 fully saturated rings. The van der Waals surface area contributed by atoms with Crippen LogP contribution in [0.15, 0.2) is 66.7 Å². The highest BCUT2D eigenvalue weighted by Crippen LogP contribution is 2.50. The standard InChI is InChI=1S/C28H25F2N3O2/c29-24-13-8-19(18-25(24)30)26(34)32-16-17-33-27(35)22-6-2-3-7-23(22)28(32,33)20-9-11-21(12-10-20)31-14-4-1-5-15-31/h2-3,6-13,18H,1,4-5,14-17H2/t28-/m0/s1. The Morgan fingerprint density at radius 3 is 2.29 bits per heavy atom. The van der Waals surface area contributed by atoms with Crippen LogP contribution in [-0.2, 0) is 5.66 Å². The van der Waals surface area contributed by atoms with E-state index in [-0.39, 0.29) is 18.0 Å². The number of rotatable bonds is 3. The first-order valence-electron chi connectivity index (χ1n) is 12.1. The normalized spacial score (nSPS) is 21.3. The van der Waals surface area contributed by atoms with E-state index in [1.807, 2.05) is 30.3 Å². The van der Waals surface area contributed by atoms with Gasteiger partial charge in [-0.3, -0.25) is 9.59 Å². The average Bonchev–Trinajstić information content (AvgIpc) is 3.41. The molecule has 5 nitrogen and oxygen atoms in total. The van der Waals surface area contributed by atoms with E-state index < -0.39 is 23.2 Å². The third-order valence-corrected chi connectivity index (χ3v) is 7.51. The lowest BCUT2D eigenvalue weighted by Crippen LogP contribution is -2.51. The highest BCUT2D eigenvalue weighted by molar-refractivity contribution is 6.03. The lowest BCUT2D eigenvalue weighted by atomic mass is 9.89. The van der Waals surface area contributed by atoms with Crippen molar-refractivity contribution in [1.82, 2.24) is 9.80 Å². The molecule has 1 atom stereocenters. The molecule has 3 heterocycles. The molecular weight excluding hydrogens is 448 g/mol. The van der Waals surface area contributed by atoms with Gasteiger partial charge in [0.25, 0.3) is 11.8 Å². The van der Waals surface area contributed by atoms with Crippen molar-refractivity contribution >= 4 is 17.5 Å². The van der Waals surface area contributed by atoms with Crippen molar-refractivity contribution in [3.63, 3.8) is 0 Å². The summed E-state index contributed by atoms with van der Waals surface area (Å²) in [5.41, 5.74) is 2.10. The van der Waals surface area contributed by atoms with Gasteiger partial charge in [-0.25, -0.2) is 8.78 Å². The van der Waals surface area contributed by atoms with E-state index in [1.54, 1.807) is 15.9 Å². The summed E-state index contributed by atoms with van der Waals surface area (Å²) < 4.78 is 27.6. The van der Waals surface area contributed by atoms with Crippen molar-refractivity contribution in [2.24, 2.45) is 0 Å². The van der Waals surface area contributed by atoms with E-state index in [0.717, 1.165) is 54.9 Å². The third kappa shape index (κ3) is 3.17. The molecule has 0 saturated carbocycles. The van der Waals surface area contributed by atoms with Crippen molar-refractivity contribution in [3.8, 4) is 0 Å². The number of carbonyl (C=O) groups is 2. The summed E-state index contributed by atoms with van der Waals surface area (Å²) >= 11 is 0. The Bertz CT molecular complexity index is 1320. The van der Waals surface area contributed by atoms with Crippen LogP contribution in [0, 0.1) is 11.6 Å². The molecule has 35 heavy (non-hydrogen) atoms. The Balaban J connectivity index is 1.49. The maximum atomic E-state index is 14.0. The van der Waals surface area contributed by atoms with Crippen molar-refractivity contribution in [2.45, 2.75) is 24.9 Å². The Hall–Kier alpha value is -3.74. The van der Waals surface area contributed by atoms with Gasteiger partial charge in [-0.2, -0.15) is 0 Å². The molecule has 0 aromatic heterocycles. The zero-order chi connectivity index (χ0) is 24.2. The first kappa shape index (κ1) is 21.8. The highest BCUT2D eigenvalue weighted by Gasteiger charge is 2.59. The van der Waals surface area contributed by atoms with Crippen LogP contribution < -0.4 is 4.90 Å². The number of benzene rings is 3. The number of anilines is 1. The van der Waals surface area contributed by atoms with Gasteiger partial charge in [-0.1, -0.05) is 30.3 Å². The van der Waals surface area contributed by atoms with Gasteiger partial charge >= 0.3 is 0 Å². The van der Waals surface area contributed by atoms with Crippen LogP contribution in [0.25, 0.3) is 0 Å². The smallest absolute Gasteiger partial charge is 0.256 e. The minimum Gasteiger partial charge on any atom is -0.372 e. The Morgan fingerprint density at radius 1 is 0.800 bits per heavy atom. The van der Waals surface area contributed by atoms with Gasteiger partial charge in [0.15, 0.2) is 17.3 Å². The minimum atomic E-state index is -1.14. The van der Waals surface area contributed by atoms with Crippen LogP contribution in [0.1, 0.15) is 51.1 Å². The third-order valence-electron chi connectivity index (χ3n) is 7.51. The van der Waals surface area contributed by atoms with Gasteiger partial charge in [0.1, 0.15) is 0 Å². The topological polar surface area (TPSA) is 43.9 Å². The molecule has 0 N–H and O–H groups in total. The number of carbonyl (C=O) groups excluding carboxylic acids is 2. The van der Waals surface area contributed by atoms with Crippen LogP contribution in [-0.4, -0.2) is 47.8 Å². The molecule has 3 aromatic carbocycles. The maximum Gasteiger partial charge on any atom is 0.256 e. The fourth-order valence-corrected chi connectivity index (χ4v) is 5.89. The zero-order valence-corrected chi connectivity index (χ0v) is 19.2. The first-order valence-corrected chi connectivity index (χ1v) is 12.1. The summed E-state index contributed by atoms with van der Waals surface area (Å²) in [7, 11) is 0. The summed E-state index contributed by atoms with van der Waals surface area (Å²) in [6.07, 6.45) is 3.57. The largest absolute Gasteiger partial charge is 0.372 e. The molecule has 2 saturated heterocycles. The number of amides is 2. The van der Waals surface area contributed by atoms with Gasteiger partial charge in [-0.15, -0.1) is 0 Å². The molecule has 0 radical (unpaired) electrons. The Morgan fingerprint density at radius 2 is 1.54 bits per heavy atom. The molecular formula is C28H25F2N3O2. The molecule has 2 amide bonds. The molecule has 0 aliphatic carbocycles. The number of halogens is 2. The number of piperidine rings is 1. The highest BCUT2D eigenvalue weighted by atomic mass is 19.2. The van der Waals surface area contributed by atoms with E-state index in [9.17, 15) is 18.4 Å². The Labute approximate surface area is 202 Å². The number of nitrogens with zero attached hydrogens (tertiary/aromatic N) is 3. The summed E-state index contributed by atoms with van der Waals surface area (Å²) in [6.45, 7) is 2.65. The molecule has 3 aliphatic heterocycles. The second-order valence-corrected chi connectivity index (χ2v) is 9.35. The van der Waals surface area contributed by atoms with Crippen molar-refractivity contribution in [3.05, 3.63) is 101 Å². The molecule has 6 rings (SSSR count). The van der Waals surface area contributed by atoms with Crippen molar-refractivity contribution < 1.29 is 18.4 Å². The lowest BCUT2D eigenvalue weighted by Gasteiger charge is -2.41. The van der Waals surface area contributed by atoms with Crippen LogP contribution in [0.4, 0.5) is 14.5 Å². The monoisotopic (exact) mass is 473 g/mol. The molecule has 7 heteroatoms. The Kier molecular flexibility index (Phi) is 5.09. The first-order chi connectivity index (χ1) is 17.0. The van der Waals surface area contributed by atoms with Crippen LogP contribution in [0.3, 0.4) is 0 Å². The lowest BCUT2D eigenvalue weighted by molar-refractivity contribution is 0.0375. The number of hydrogen-bond donors (Lipinski definition) is 0. The van der Waals surface area contributed by atoms with E-state index >= 15 is 0 Å². The molecule has 0 spiro atoms. The number of fused-ring (bicyclic) bond motifs is 3. The van der Waals surface area contributed by atoms with Gasteiger partial charge in [0.05, 0.1) is 0 Å². The summed E-state index contributed by atoms with van der Waals surface area (Å²) in [6, 6.07) is 18.6. The second-order valence-electron chi connectivity index (χ2n) is 9.35. The van der Waals surface area contributed by atoms with Crippen molar-refractivity contribution in [2.75, 3.05) is 31.1 Å². The minimum absolute atomic E-state index is 0.0480. The summed E-state index contributed by atoms with van der Waals surface area (Å²) in [5, 5.41) is 0. The molecule has 0 bridgehead atoms. The molecule has 0 unspecified atom stereocenters. The predicted octanol–water partition coefficient (Wildman–Crippen LogP) is 4.77. The van der Waals surface area contributed by atoms with Gasteiger partial charge < -0.3 is 14.7 Å². The van der Waals surface area contributed by atoms with E-state index in [0.29, 0.717) is 12.1 Å². The number of hydrogen-bond acceptors (Lipinski definition) is 3. The SMILES string of the molecule is O=C(c1ccc(F)c(F)c1)N1CCN2C(=O)c3ccccc3[C@@]12c1ccc(N2CCCCC2)cc1. The fraction of sp³-hybridized carbons (Fsp3) is 0.286. The van der Waals surface area contributed by atoms with Crippen LogP contribution >= 0.6 is 0 Å². The van der Waals surface area contributed by atoms with E-state index in [1.165, 1.54) is 12.5 Å². The van der Waals surface area contributed by atoms with Gasteiger partial charge in [-0.05, 0) is 55.7 Å². The quantitative estimate of drug-likeness (QED) is 0.551. The second kappa shape index (κ2) is 8.18. The van der Waals surface area contributed by atoms with Crippen LogP contribution in [0.2, 0.25) is 0 Å². The molecule has 3 aromatic rings. The zero-order valence-electron chi connectivity index (χ0n) is 19.2. The van der Waals surface area contributed by atoms with Crippen LogP contribution in [0.5, 0.6) is 0 Å². The molecule has 178 valence electrons. The van der Waals surface area contributed by atoms with Gasteiger partial charge in [0.2, 0.25) is 0 Å². The average molecular weight is 474 g/mol. The van der Waals surface area contributed by atoms with Gasteiger partial charge in [0, 0.05) is 54.1 Å². The van der Waals surface area contributed by atoms with Crippen molar-refractivity contribution in [1.29, 1.82) is 0 Å². The maximum absolute atomic E-state index is 14.0. The summed E-state index contributed by atoms with van der Waals surface area (Å²) in [4.78, 5) is 32.9. The van der Waals surface area contributed by atoms with E-state index in [4.69, 9.17) is 0 Å².